The Hall–Kier alpha value is -3.13. The molecule has 1 unspecified atom stereocenters. The van der Waals surface area contributed by atoms with Crippen LogP contribution in [0.25, 0.3) is 0 Å². The van der Waals surface area contributed by atoms with Crippen LogP contribution in [0.3, 0.4) is 0 Å². The van der Waals surface area contributed by atoms with Crippen molar-refractivity contribution in [2.45, 2.75) is 0 Å². The second-order valence-electron chi connectivity index (χ2n) is 6.90. The van der Waals surface area contributed by atoms with Crippen LogP contribution in [0.15, 0.2) is 48.8 Å². The number of amides is 1. The van der Waals surface area contributed by atoms with Crippen molar-refractivity contribution in [2.24, 2.45) is 5.92 Å². The van der Waals surface area contributed by atoms with Gasteiger partial charge in [-0.3, -0.25) is 15.0 Å². The minimum absolute atomic E-state index is 0.290. The molecule has 10 heteroatoms. The average Bonchev–Trinajstić information content (AvgIpc) is 2.82. The molecular formula is C21H24N4O5S. The first-order chi connectivity index (χ1) is 14.9. The van der Waals surface area contributed by atoms with Gasteiger partial charge in [0, 0.05) is 49.8 Å². The van der Waals surface area contributed by atoms with Crippen LogP contribution in [-0.4, -0.2) is 67.9 Å². The second-order valence-corrected chi connectivity index (χ2v) is 8.92. The van der Waals surface area contributed by atoms with Gasteiger partial charge in [-0.05, 0) is 36.4 Å². The monoisotopic (exact) mass is 444 g/mol. The van der Waals surface area contributed by atoms with Crippen LogP contribution >= 0.6 is 0 Å². The lowest BCUT2D eigenvalue weighted by molar-refractivity contribution is -0.131. The van der Waals surface area contributed by atoms with Gasteiger partial charge in [-0.15, -0.1) is 0 Å². The Labute approximate surface area is 181 Å². The van der Waals surface area contributed by atoms with Crippen molar-refractivity contribution in [2.75, 3.05) is 43.9 Å². The lowest BCUT2D eigenvalue weighted by Gasteiger charge is -2.35. The highest BCUT2D eigenvalue weighted by atomic mass is 32.2. The van der Waals surface area contributed by atoms with E-state index in [1.165, 1.54) is 16.0 Å². The van der Waals surface area contributed by atoms with Crippen LogP contribution in [-0.2, 0) is 14.8 Å². The van der Waals surface area contributed by atoms with Crippen molar-refractivity contribution >= 4 is 21.6 Å². The number of hydroxylamine groups is 1. The van der Waals surface area contributed by atoms with E-state index in [4.69, 9.17) is 9.94 Å². The number of nitrogens with one attached hydrogen (secondary N) is 1. The predicted molar refractivity (Wildman–Crippen MR) is 115 cm³/mol. The number of aromatic nitrogens is 1. The molecule has 1 aliphatic rings. The van der Waals surface area contributed by atoms with Gasteiger partial charge in [0.1, 0.15) is 11.7 Å². The second kappa shape index (κ2) is 10.3. The van der Waals surface area contributed by atoms with Gasteiger partial charge in [0.05, 0.1) is 12.9 Å². The van der Waals surface area contributed by atoms with Crippen molar-refractivity contribution < 1.29 is 23.2 Å². The fourth-order valence-electron chi connectivity index (χ4n) is 3.20. The van der Waals surface area contributed by atoms with E-state index in [9.17, 15) is 13.2 Å². The Morgan fingerprint density at radius 3 is 2.52 bits per heavy atom. The first-order valence-electron chi connectivity index (χ1n) is 9.65. The van der Waals surface area contributed by atoms with Crippen LogP contribution in [0.4, 0.5) is 5.69 Å². The Bertz CT molecular complexity index is 1040. The molecule has 3 rings (SSSR count). The smallest absolute Gasteiger partial charge is 0.259 e. The van der Waals surface area contributed by atoms with Gasteiger partial charge in [0.15, 0.2) is 0 Å². The molecule has 1 fully saturated rings. The molecule has 31 heavy (non-hydrogen) atoms. The Morgan fingerprint density at radius 1 is 1.23 bits per heavy atom. The SMILES string of the molecule is COc1ccc(N2CCN(S(=O)(=O)CC(C#Cc3cccnc3)C(=O)NO)CC2)cc1. The van der Waals surface area contributed by atoms with E-state index in [1.54, 1.807) is 25.4 Å². The zero-order valence-corrected chi connectivity index (χ0v) is 17.9. The normalized spacial score (nSPS) is 15.5. The van der Waals surface area contributed by atoms with Gasteiger partial charge in [-0.2, -0.15) is 4.31 Å². The van der Waals surface area contributed by atoms with Gasteiger partial charge < -0.3 is 9.64 Å². The zero-order valence-electron chi connectivity index (χ0n) is 17.1. The van der Waals surface area contributed by atoms with Crippen molar-refractivity contribution in [3.05, 3.63) is 54.4 Å². The van der Waals surface area contributed by atoms with Gasteiger partial charge in [-0.25, -0.2) is 13.9 Å². The number of rotatable bonds is 6. The number of hydrogen-bond acceptors (Lipinski definition) is 7. The summed E-state index contributed by atoms with van der Waals surface area (Å²) >= 11 is 0. The number of carbonyl (C=O) groups excluding carboxylic acids is 1. The van der Waals surface area contributed by atoms with Crippen molar-refractivity contribution in [3.8, 4) is 17.6 Å². The number of hydrogen-bond donors (Lipinski definition) is 2. The fourth-order valence-corrected chi connectivity index (χ4v) is 4.79. The minimum Gasteiger partial charge on any atom is -0.497 e. The largest absolute Gasteiger partial charge is 0.497 e. The summed E-state index contributed by atoms with van der Waals surface area (Å²) in [7, 11) is -2.16. The molecule has 0 radical (unpaired) electrons. The van der Waals surface area contributed by atoms with Crippen LogP contribution in [0.5, 0.6) is 5.75 Å². The van der Waals surface area contributed by atoms with E-state index in [-0.39, 0.29) is 13.1 Å². The lowest BCUT2D eigenvalue weighted by Crippen LogP contribution is -2.50. The molecule has 1 atom stereocenters. The molecule has 2 N–H and O–H groups in total. The maximum atomic E-state index is 12.9. The molecule has 9 nitrogen and oxygen atoms in total. The molecule has 1 aromatic carbocycles. The van der Waals surface area contributed by atoms with Gasteiger partial charge in [0.2, 0.25) is 10.0 Å². The topological polar surface area (TPSA) is 112 Å². The van der Waals surface area contributed by atoms with Crippen LogP contribution < -0.4 is 15.1 Å². The number of ether oxygens (including phenoxy) is 1. The summed E-state index contributed by atoms with van der Waals surface area (Å²) in [5, 5.41) is 9.00. The van der Waals surface area contributed by atoms with Gasteiger partial charge in [0.25, 0.3) is 5.91 Å². The highest BCUT2D eigenvalue weighted by Gasteiger charge is 2.31. The number of methoxy groups -OCH3 is 1. The van der Waals surface area contributed by atoms with Crippen LogP contribution in [0.2, 0.25) is 0 Å². The average molecular weight is 445 g/mol. The fraction of sp³-hybridized carbons (Fsp3) is 0.333. The van der Waals surface area contributed by atoms with Crippen LogP contribution in [0, 0.1) is 17.8 Å². The number of pyridine rings is 1. The van der Waals surface area contributed by atoms with E-state index in [2.05, 4.69) is 21.7 Å². The molecule has 1 saturated heterocycles. The number of sulfonamides is 1. The van der Waals surface area contributed by atoms with E-state index in [1.807, 2.05) is 24.3 Å². The number of carbonyl (C=O) groups is 1. The van der Waals surface area contributed by atoms with E-state index >= 15 is 0 Å². The number of benzene rings is 1. The first kappa shape index (κ1) is 22.6. The molecule has 0 spiro atoms. The number of piperazine rings is 1. The highest BCUT2D eigenvalue weighted by molar-refractivity contribution is 7.89. The van der Waals surface area contributed by atoms with E-state index in [0.717, 1.165) is 11.4 Å². The van der Waals surface area contributed by atoms with Crippen molar-refractivity contribution in [1.82, 2.24) is 14.8 Å². The third kappa shape index (κ3) is 5.95. The molecule has 1 aromatic heterocycles. The summed E-state index contributed by atoms with van der Waals surface area (Å²) in [5.41, 5.74) is 3.04. The first-order valence-corrected chi connectivity index (χ1v) is 11.3. The molecule has 1 aliphatic heterocycles. The quantitative estimate of drug-likeness (QED) is 0.383. The minimum atomic E-state index is -3.76. The van der Waals surface area contributed by atoms with E-state index < -0.39 is 27.6 Å². The summed E-state index contributed by atoms with van der Waals surface area (Å²) in [5.74, 6) is 3.53. The number of anilines is 1. The molecule has 0 saturated carbocycles. The third-order valence-corrected chi connectivity index (χ3v) is 6.83. The molecule has 1 amide bonds. The maximum Gasteiger partial charge on any atom is 0.259 e. The van der Waals surface area contributed by atoms with Gasteiger partial charge in [-0.1, -0.05) is 11.8 Å². The summed E-state index contributed by atoms with van der Waals surface area (Å²) in [6, 6.07) is 11.0. The number of nitrogens with zero attached hydrogens (tertiary/aromatic N) is 3. The summed E-state index contributed by atoms with van der Waals surface area (Å²) in [6.45, 7) is 1.61. The Balaban J connectivity index is 1.66. The summed E-state index contributed by atoms with van der Waals surface area (Å²) < 4.78 is 32.3. The predicted octanol–water partition coefficient (Wildman–Crippen LogP) is 0.715. The third-order valence-electron chi connectivity index (χ3n) is 4.93. The molecule has 2 aromatic rings. The standard InChI is InChI=1S/C21H24N4O5S/c1-30-20-8-6-19(7-9-20)24-11-13-25(14-12-24)31(28,29)16-18(21(26)23-27)5-4-17-3-2-10-22-15-17/h2-3,6-10,15,18,27H,11-14,16H2,1H3,(H,23,26). The molecule has 0 aliphatic carbocycles. The van der Waals surface area contributed by atoms with Gasteiger partial charge >= 0.3 is 0 Å². The van der Waals surface area contributed by atoms with Crippen LogP contribution in [0.1, 0.15) is 5.56 Å². The Morgan fingerprint density at radius 2 is 1.94 bits per heavy atom. The molecule has 2 heterocycles. The van der Waals surface area contributed by atoms with Crippen molar-refractivity contribution in [3.63, 3.8) is 0 Å². The summed E-state index contributed by atoms with van der Waals surface area (Å²) in [4.78, 5) is 18.0. The lowest BCUT2D eigenvalue weighted by atomic mass is 10.1. The maximum absolute atomic E-state index is 12.9. The molecule has 164 valence electrons. The van der Waals surface area contributed by atoms with E-state index in [0.29, 0.717) is 18.7 Å². The van der Waals surface area contributed by atoms with Crippen molar-refractivity contribution in [1.29, 1.82) is 0 Å². The molecule has 0 bridgehead atoms. The Kier molecular flexibility index (Phi) is 7.46. The summed E-state index contributed by atoms with van der Waals surface area (Å²) in [6.07, 6.45) is 3.09. The molecular weight excluding hydrogens is 420 g/mol. The highest BCUT2D eigenvalue weighted by Crippen LogP contribution is 2.21. The zero-order chi connectivity index (χ0) is 22.3.